The summed E-state index contributed by atoms with van der Waals surface area (Å²) in [5.74, 6) is 0.667. The molecular weight excluding hydrogens is 613 g/mol. The van der Waals surface area contributed by atoms with Crippen LogP contribution in [0.15, 0.2) is 0 Å². The van der Waals surface area contributed by atoms with E-state index in [9.17, 15) is 45.5 Å². The van der Waals surface area contributed by atoms with E-state index < -0.39 is 31.3 Å². The number of hydrogen-bond acceptors (Lipinski definition) is 10. The Balaban J connectivity index is -0.0000000506. The first-order valence-corrected chi connectivity index (χ1v) is 10.2. The van der Waals surface area contributed by atoms with Crippen molar-refractivity contribution in [2.45, 2.75) is 66.4 Å². The standard InChI is InChI=1S/4C3H6O.2CHF3O3S.Pd/c4*1-3(2)4;2*2-1(3,4)8(5,6)7;/h4*1-2H3;2*(H,5,6,7);/q;;;;;;+2/p-2. The number of alkyl halides is 6. The van der Waals surface area contributed by atoms with Gasteiger partial charge in [-0.15, -0.1) is 0 Å². The van der Waals surface area contributed by atoms with Crippen LogP contribution in [0.2, 0.25) is 0 Å². The van der Waals surface area contributed by atoms with Crippen LogP contribution in [0.1, 0.15) is 55.4 Å². The van der Waals surface area contributed by atoms with Gasteiger partial charge in [-0.25, -0.2) is 16.8 Å². The van der Waals surface area contributed by atoms with Crippen LogP contribution in [-0.4, -0.2) is 60.1 Å². The van der Waals surface area contributed by atoms with E-state index >= 15 is 0 Å². The van der Waals surface area contributed by atoms with Crippen molar-refractivity contribution in [3.63, 3.8) is 0 Å². The molecule has 0 fully saturated rings. The molecular formula is C14H24F6O10PdS2. The van der Waals surface area contributed by atoms with Crippen LogP contribution in [0, 0.1) is 0 Å². The molecule has 0 aliphatic heterocycles. The van der Waals surface area contributed by atoms with Gasteiger partial charge < -0.3 is 28.3 Å². The molecule has 0 radical (unpaired) electrons. The third-order valence-corrected chi connectivity index (χ3v) is 1.70. The summed E-state index contributed by atoms with van der Waals surface area (Å²) in [6, 6.07) is 0. The Morgan fingerprint density at radius 1 is 0.485 bits per heavy atom. The molecule has 0 atom stereocenters. The van der Waals surface area contributed by atoms with Gasteiger partial charge in [-0.2, -0.15) is 26.3 Å². The second-order valence-corrected chi connectivity index (χ2v) is 8.18. The zero-order chi connectivity index (χ0) is 28.3. The van der Waals surface area contributed by atoms with E-state index in [0.717, 1.165) is 0 Å². The molecule has 10 nitrogen and oxygen atoms in total. The summed E-state index contributed by atoms with van der Waals surface area (Å²) in [4.78, 5) is 37.8. The molecule has 0 aliphatic rings. The van der Waals surface area contributed by atoms with Gasteiger partial charge in [-0.05, 0) is 55.4 Å². The SMILES string of the molecule is CC(C)=O.CC(C)=O.CC(C)=O.CC(C)=O.O=S(=O)([O-])C(F)(F)F.O=S(=O)([O-])C(F)(F)F.[Pd+2]. The zero-order valence-corrected chi connectivity index (χ0v) is 21.7. The van der Waals surface area contributed by atoms with E-state index in [2.05, 4.69) is 0 Å². The molecule has 0 N–H and O–H groups in total. The van der Waals surface area contributed by atoms with Crippen molar-refractivity contribution < 1.29 is 91.9 Å². The largest absolute Gasteiger partial charge is 2.00 e. The molecule has 0 aromatic carbocycles. The van der Waals surface area contributed by atoms with Crippen molar-refractivity contribution in [1.29, 1.82) is 0 Å². The Labute approximate surface area is 201 Å². The maximum Gasteiger partial charge on any atom is 2.00 e. The number of halogens is 6. The van der Waals surface area contributed by atoms with Gasteiger partial charge in [-0.1, -0.05) is 0 Å². The van der Waals surface area contributed by atoms with E-state index in [1.165, 1.54) is 55.4 Å². The van der Waals surface area contributed by atoms with Gasteiger partial charge in [0, 0.05) is 0 Å². The van der Waals surface area contributed by atoms with Crippen LogP contribution in [-0.2, 0) is 59.8 Å². The first-order valence-electron chi connectivity index (χ1n) is 7.36. The second kappa shape index (κ2) is 22.5. The quantitative estimate of drug-likeness (QED) is 0.166. The maximum atomic E-state index is 10.7. The van der Waals surface area contributed by atoms with Gasteiger partial charge >= 0.3 is 31.4 Å². The molecule has 0 saturated heterocycles. The molecule has 0 heterocycles. The molecule has 0 unspecified atom stereocenters. The predicted octanol–water partition coefficient (Wildman–Crippen LogP) is 2.48. The van der Waals surface area contributed by atoms with Crippen LogP contribution in [0.4, 0.5) is 26.3 Å². The number of carbonyl (C=O) groups is 4. The topological polar surface area (TPSA) is 183 Å². The Kier molecular flexibility index (Phi) is 33.5. The summed E-state index contributed by atoms with van der Waals surface area (Å²) in [6.45, 7) is 12.2. The van der Waals surface area contributed by atoms with Gasteiger partial charge in [0.05, 0.1) is 0 Å². The first kappa shape index (κ1) is 49.0. The van der Waals surface area contributed by atoms with Gasteiger partial charge in [0.1, 0.15) is 23.1 Å². The average molecular weight is 637 g/mol. The smallest absolute Gasteiger partial charge is 0.741 e. The van der Waals surface area contributed by atoms with Gasteiger partial charge in [-0.3, -0.25) is 0 Å². The number of Topliss-reactive ketones (excluding diaryl/α,β-unsaturated/α-hetero) is 4. The summed E-state index contributed by atoms with van der Waals surface area (Å²) in [6.07, 6.45) is 0. The van der Waals surface area contributed by atoms with Crippen LogP contribution in [0.25, 0.3) is 0 Å². The molecule has 0 spiro atoms. The molecule has 0 rings (SSSR count). The van der Waals surface area contributed by atoms with Crippen molar-refractivity contribution >= 4 is 43.4 Å². The fraction of sp³-hybridized carbons (Fsp3) is 0.714. The van der Waals surface area contributed by atoms with Crippen LogP contribution >= 0.6 is 0 Å². The van der Waals surface area contributed by atoms with Crippen LogP contribution < -0.4 is 0 Å². The van der Waals surface area contributed by atoms with Crippen LogP contribution in [0.5, 0.6) is 0 Å². The van der Waals surface area contributed by atoms with Crippen molar-refractivity contribution in [3.8, 4) is 0 Å². The summed E-state index contributed by atoms with van der Waals surface area (Å²) in [5, 5.41) is 0. The maximum absolute atomic E-state index is 10.7. The number of carbonyl (C=O) groups excluding carboxylic acids is 4. The Morgan fingerprint density at radius 2 is 0.515 bits per heavy atom. The first-order chi connectivity index (χ1) is 13.4. The summed E-state index contributed by atoms with van der Waals surface area (Å²) >= 11 is 0. The normalized spacial score (nSPS) is 9.94. The summed E-state index contributed by atoms with van der Waals surface area (Å²) in [7, 11) is -12.2. The molecule has 0 saturated carbocycles. The minimum atomic E-state index is -6.09. The monoisotopic (exact) mass is 636 g/mol. The molecule has 0 bridgehead atoms. The number of hydrogen-bond donors (Lipinski definition) is 0. The van der Waals surface area contributed by atoms with E-state index in [1.54, 1.807) is 0 Å². The number of rotatable bonds is 0. The fourth-order valence-electron chi connectivity index (χ4n) is 0. The van der Waals surface area contributed by atoms with Gasteiger partial charge in [0.15, 0.2) is 20.2 Å². The second-order valence-electron chi connectivity index (χ2n) is 5.43. The fourth-order valence-corrected chi connectivity index (χ4v) is 0. The molecule has 0 aromatic heterocycles. The van der Waals surface area contributed by atoms with Crippen molar-refractivity contribution in [2.75, 3.05) is 0 Å². The van der Waals surface area contributed by atoms with E-state index in [4.69, 9.17) is 25.9 Å². The summed E-state index contributed by atoms with van der Waals surface area (Å²) in [5.41, 5.74) is -11.3. The zero-order valence-electron chi connectivity index (χ0n) is 18.5. The van der Waals surface area contributed by atoms with E-state index in [0.29, 0.717) is 0 Å². The number of ketones is 4. The molecule has 33 heavy (non-hydrogen) atoms. The molecule has 19 heteroatoms. The van der Waals surface area contributed by atoms with Gasteiger partial charge in [0.25, 0.3) is 0 Å². The van der Waals surface area contributed by atoms with Crippen molar-refractivity contribution in [3.05, 3.63) is 0 Å². The Bertz CT molecular complexity index is 667. The average Bonchev–Trinajstić information content (AvgIpc) is 2.30. The molecule has 0 aliphatic carbocycles. The summed E-state index contributed by atoms with van der Waals surface area (Å²) < 4.78 is 118. The Hall–Kier alpha value is -1.26. The predicted molar refractivity (Wildman–Crippen MR) is 96.9 cm³/mol. The van der Waals surface area contributed by atoms with Gasteiger partial charge in [0.2, 0.25) is 0 Å². The third kappa shape index (κ3) is 90.6. The van der Waals surface area contributed by atoms with Crippen molar-refractivity contribution in [1.82, 2.24) is 0 Å². The third-order valence-electron chi connectivity index (χ3n) is 0.567. The molecule has 0 amide bonds. The van der Waals surface area contributed by atoms with E-state index in [-0.39, 0.29) is 43.6 Å². The Morgan fingerprint density at radius 3 is 0.515 bits per heavy atom. The minimum Gasteiger partial charge on any atom is -0.741 e. The van der Waals surface area contributed by atoms with Crippen molar-refractivity contribution in [2.24, 2.45) is 0 Å². The molecule has 0 aromatic rings. The minimum absolute atomic E-state index is 0. The van der Waals surface area contributed by atoms with E-state index in [1.807, 2.05) is 0 Å². The molecule has 204 valence electrons. The van der Waals surface area contributed by atoms with Crippen LogP contribution in [0.3, 0.4) is 0 Å².